The molecule has 0 aliphatic carbocycles. The second-order valence-electron chi connectivity index (χ2n) is 23.7. The molecule has 0 saturated carbocycles. The predicted octanol–water partition coefficient (Wildman–Crippen LogP) is 3.58. The number of carbonyl (C=O) groups is 9. The summed E-state index contributed by atoms with van der Waals surface area (Å²) in [6, 6.07) is 13.0. The van der Waals surface area contributed by atoms with Crippen molar-refractivity contribution in [1.82, 2.24) is 55.7 Å². The number of halogens is 2. The van der Waals surface area contributed by atoms with Crippen LogP contribution in [-0.2, 0) is 54.3 Å². The zero-order chi connectivity index (χ0) is 65.4. The molecule has 3 fully saturated rings. The molecule has 2 atom stereocenters. The number of carboxylic acids is 1. The fraction of sp³-hybridized carbons (Fsp3) is 0.600. The number of piperidine rings is 1. The molecule has 2 aromatic carbocycles. The molecule has 0 unspecified atom stereocenters. The number of hydrogen-bond acceptors (Lipinski definition) is 17. The third-order valence-corrected chi connectivity index (χ3v) is 16.7. The zero-order valence-electron chi connectivity index (χ0n) is 52.4. The highest BCUT2D eigenvalue weighted by Crippen LogP contribution is 2.32. The summed E-state index contributed by atoms with van der Waals surface area (Å²) in [6.07, 6.45) is 15.5. The summed E-state index contributed by atoms with van der Waals surface area (Å²) in [5.41, 5.74) is 3.11. The molecule has 6 rings (SSSR count). The number of carbonyl (C=O) groups excluding carboxylic acids is 8. The van der Waals surface area contributed by atoms with Gasteiger partial charge in [0.2, 0.25) is 29.5 Å². The molecule has 24 nitrogen and oxygen atoms in total. The highest BCUT2D eigenvalue weighted by atomic mass is 19.3. The van der Waals surface area contributed by atoms with Gasteiger partial charge >= 0.3 is 5.97 Å². The van der Waals surface area contributed by atoms with Crippen molar-refractivity contribution in [3.05, 3.63) is 71.4 Å². The first kappa shape index (κ1) is 72.2. The Balaban J connectivity index is 0.907. The number of aliphatic carboxylic acids is 1. The second-order valence-corrected chi connectivity index (χ2v) is 23.7. The largest absolute Gasteiger partial charge is 0.494 e. The van der Waals surface area contributed by atoms with Crippen molar-refractivity contribution in [1.29, 1.82) is 0 Å². The zero-order valence-corrected chi connectivity index (χ0v) is 52.4. The molecular weight excluding hydrogens is 1180 g/mol. The number of amides is 6. The number of carboxylic acid groups (broad SMARTS) is 1. The number of unbranched alkanes of at least 4 members (excludes halogenated alkanes) is 3. The highest BCUT2D eigenvalue weighted by molar-refractivity contribution is 6.07. The Labute approximate surface area is 531 Å². The molecule has 0 spiro atoms. The predicted molar refractivity (Wildman–Crippen MR) is 334 cm³/mol. The molecule has 0 bridgehead atoms. The molecular formula is C65H91F2N11O13. The van der Waals surface area contributed by atoms with E-state index in [9.17, 15) is 57.0 Å². The Bertz CT molecular complexity index is 2890. The van der Waals surface area contributed by atoms with Crippen molar-refractivity contribution < 1.29 is 71.2 Å². The first-order chi connectivity index (χ1) is 43.9. The van der Waals surface area contributed by atoms with E-state index in [1.165, 1.54) is 17.8 Å². The fourth-order valence-corrected chi connectivity index (χ4v) is 11.4. The summed E-state index contributed by atoms with van der Waals surface area (Å²) >= 11 is 0. The van der Waals surface area contributed by atoms with Gasteiger partial charge in [0.05, 0.1) is 49.9 Å². The van der Waals surface area contributed by atoms with Crippen LogP contribution in [0.15, 0.2) is 54.7 Å². The van der Waals surface area contributed by atoms with E-state index in [0.717, 1.165) is 49.0 Å². The van der Waals surface area contributed by atoms with Crippen LogP contribution in [0.5, 0.6) is 5.75 Å². The van der Waals surface area contributed by atoms with Gasteiger partial charge in [-0.1, -0.05) is 48.6 Å². The number of likely N-dealkylation sites (tertiary alicyclic amines) is 2. The maximum atomic E-state index is 14.0. The van der Waals surface area contributed by atoms with E-state index >= 15 is 0 Å². The number of benzene rings is 2. The standard InChI is InChI=1S/C65H91F2N11O13/c1-3-52-40-65(66,67)44-78(52)61(84)41-71-63(87)54-22-27-68-56-21-20-53(39-55(54)56)91-38-8-6-11-51-23-28-77(29-24-51)60(83)15-5-4-7-25-70-64(88)57(13-10-26-69-58(81)14-9-12-50-18-16-49(2)17-19-50)72-59(82)42-73-30-31-74(43-62(85)86)33-35-76(46-90-48-80)37-36-75(34-32-73)45-89-47-79/h1,16-22,27,39,47-48,51-52,57H,4-15,23-26,28-38,40-46H2,2H3,(H,69,81)(H,70,88)(H,71,87)(H,72,82)(H,85,86)/t52-,57-/m0/s1. The van der Waals surface area contributed by atoms with E-state index < -0.39 is 61.2 Å². The topological polar surface area (TPSA) is 282 Å². The van der Waals surface area contributed by atoms with Gasteiger partial charge in [-0.25, -0.2) is 8.78 Å². The van der Waals surface area contributed by atoms with Crippen LogP contribution in [0.4, 0.5) is 8.78 Å². The lowest BCUT2D eigenvalue weighted by Crippen LogP contribution is -2.52. The van der Waals surface area contributed by atoms with Gasteiger partial charge in [0.15, 0.2) is 0 Å². The highest BCUT2D eigenvalue weighted by Gasteiger charge is 2.46. The third-order valence-electron chi connectivity index (χ3n) is 16.7. The molecule has 4 heterocycles. The minimum absolute atomic E-state index is 0.00330. The van der Waals surface area contributed by atoms with Gasteiger partial charge < -0.3 is 50.4 Å². The molecule has 3 saturated heterocycles. The summed E-state index contributed by atoms with van der Waals surface area (Å²) < 4.78 is 44.0. The molecule has 26 heteroatoms. The number of alkyl halides is 2. The van der Waals surface area contributed by atoms with Crippen LogP contribution < -0.4 is 26.0 Å². The van der Waals surface area contributed by atoms with Gasteiger partial charge in [0.1, 0.15) is 25.3 Å². The Hall–Kier alpha value is -7.86. The normalized spacial score (nSPS) is 17.5. The van der Waals surface area contributed by atoms with E-state index in [1.807, 2.05) is 38.7 Å². The number of aromatic nitrogens is 1. The molecule has 3 aliphatic rings. The fourth-order valence-electron chi connectivity index (χ4n) is 11.4. The van der Waals surface area contributed by atoms with Crippen LogP contribution in [0, 0.1) is 25.2 Å². The van der Waals surface area contributed by atoms with Crippen molar-refractivity contribution in [2.75, 3.05) is 125 Å². The molecule has 1 aromatic heterocycles. The molecule has 5 N–H and O–H groups in total. The van der Waals surface area contributed by atoms with Gasteiger partial charge in [0, 0.05) is 109 Å². The number of nitrogens with zero attached hydrogens (tertiary/aromatic N) is 7. The Kier molecular flexibility index (Phi) is 30.7. The average molecular weight is 1270 g/mol. The summed E-state index contributed by atoms with van der Waals surface area (Å²) in [5.74, 6) is -2.92. The molecule has 498 valence electrons. The average Bonchev–Trinajstić information content (AvgIpc) is 2.32. The number of fused-ring (bicyclic) bond motifs is 1. The van der Waals surface area contributed by atoms with Crippen molar-refractivity contribution in [2.45, 2.75) is 121 Å². The summed E-state index contributed by atoms with van der Waals surface area (Å²) in [6.45, 7) is 6.30. The lowest BCUT2D eigenvalue weighted by molar-refractivity contribution is -0.139. The van der Waals surface area contributed by atoms with E-state index in [1.54, 1.807) is 23.1 Å². The lowest BCUT2D eigenvalue weighted by Gasteiger charge is -2.33. The first-order valence-electron chi connectivity index (χ1n) is 31.7. The van der Waals surface area contributed by atoms with E-state index in [4.69, 9.17) is 20.6 Å². The second kappa shape index (κ2) is 38.7. The Morgan fingerprint density at radius 2 is 1.40 bits per heavy atom. The molecule has 91 heavy (non-hydrogen) atoms. The van der Waals surface area contributed by atoms with Crippen molar-refractivity contribution in [2.24, 2.45) is 5.92 Å². The van der Waals surface area contributed by atoms with Gasteiger partial charge in [-0.05, 0) is 107 Å². The Morgan fingerprint density at radius 3 is 2.05 bits per heavy atom. The maximum Gasteiger partial charge on any atom is 0.317 e. The minimum Gasteiger partial charge on any atom is -0.494 e. The minimum atomic E-state index is -3.09. The monoisotopic (exact) mass is 1270 g/mol. The molecule has 3 aliphatic heterocycles. The van der Waals surface area contributed by atoms with Gasteiger partial charge in [0.25, 0.3) is 24.8 Å². The van der Waals surface area contributed by atoms with Gasteiger partial charge in [-0.15, -0.1) is 6.42 Å². The van der Waals surface area contributed by atoms with E-state index in [0.29, 0.717) is 159 Å². The van der Waals surface area contributed by atoms with Crippen LogP contribution in [0.25, 0.3) is 10.9 Å². The smallest absolute Gasteiger partial charge is 0.317 e. The third kappa shape index (κ3) is 26.1. The van der Waals surface area contributed by atoms with Crippen molar-refractivity contribution in [3.63, 3.8) is 0 Å². The van der Waals surface area contributed by atoms with Crippen LogP contribution >= 0.6 is 0 Å². The van der Waals surface area contributed by atoms with Crippen molar-refractivity contribution in [3.8, 4) is 18.1 Å². The quantitative estimate of drug-likeness (QED) is 0.0320. The van der Waals surface area contributed by atoms with Crippen LogP contribution in [0.3, 0.4) is 0 Å². The number of hydrogen-bond donors (Lipinski definition) is 5. The first-order valence-corrected chi connectivity index (χ1v) is 31.7. The number of aryl methyl sites for hydroxylation is 2. The Morgan fingerprint density at radius 1 is 0.736 bits per heavy atom. The van der Waals surface area contributed by atoms with Gasteiger partial charge in [-0.2, -0.15) is 0 Å². The number of ether oxygens (including phenoxy) is 3. The maximum absolute atomic E-state index is 14.0. The summed E-state index contributed by atoms with van der Waals surface area (Å²) in [7, 11) is 0. The lowest BCUT2D eigenvalue weighted by atomic mass is 9.91. The number of terminal acetylenes is 1. The van der Waals surface area contributed by atoms with E-state index in [-0.39, 0.29) is 62.8 Å². The van der Waals surface area contributed by atoms with Crippen LogP contribution in [0.1, 0.15) is 111 Å². The van der Waals surface area contributed by atoms with Gasteiger partial charge in [-0.3, -0.25) is 67.7 Å². The number of pyridine rings is 1. The van der Waals surface area contributed by atoms with Crippen LogP contribution in [-0.4, -0.2) is 237 Å². The number of nitrogens with one attached hydrogen (secondary N) is 4. The van der Waals surface area contributed by atoms with Crippen LogP contribution in [0.2, 0.25) is 0 Å². The number of rotatable bonds is 35. The SMILES string of the molecule is C#C[C@H]1CC(F)(F)CN1C(=O)CNC(=O)c1ccnc2ccc(OCCCCC3CCN(C(=O)CCCCCNC(=O)[C@H](CCCNC(=O)CCCc4ccc(C)cc4)NC(=O)CN4CCN(COC=O)CCN(COC=O)CCN(CC(=O)O)CC4)CC3)cc12. The summed E-state index contributed by atoms with van der Waals surface area (Å²) in [4.78, 5) is 128. The molecule has 0 radical (unpaired) electrons. The molecule has 3 aromatic rings. The van der Waals surface area contributed by atoms with E-state index in [2.05, 4.69) is 44.3 Å². The molecule has 6 amide bonds. The summed E-state index contributed by atoms with van der Waals surface area (Å²) in [5, 5.41) is 21.6. The van der Waals surface area contributed by atoms with Crippen molar-refractivity contribution >= 4 is 65.3 Å².